The van der Waals surface area contributed by atoms with Crippen molar-refractivity contribution in [1.29, 1.82) is 0 Å². The molecule has 1 saturated heterocycles. The van der Waals surface area contributed by atoms with Crippen molar-refractivity contribution in [3.8, 4) is 17.1 Å². The predicted octanol–water partition coefficient (Wildman–Crippen LogP) is 3.89. The number of carbonyl (C=O) groups is 1. The molecule has 0 aliphatic carbocycles. The SMILES string of the molecule is COc1cc(-c2onc(N(C)C)c2C(=O)N(C)CCCN2CCCCCC2)ccc1F. The Hall–Kier alpha value is -2.61. The Morgan fingerprint density at radius 1 is 1.19 bits per heavy atom. The van der Waals surface area contributed by atoms with Crippen molar-refractivity contribution >= 4 is 11.7 Å². The summed E-state index contributed by atoms with van der Waals surface area (Å²) >= 11 is 0. The number of hydrogen-bond donors (Lipinski definition) is 0. The van der Waals surface area contributed by atoms with Gasteiger partial charge < -0.3 is 24.0 Å². The fraction of sp³-hybridized carbons (Fsp3) is 0.565. The van der Waals surface area contributed by atoms with Crippen molar-refractivity contribution in [2.24, 2.45) is 0 Å². The summed E-state index contributed by atoms with van der Waals surface area (Å²) in [7, 11) is 6.82. The van der Waals surface area contributed by atoms with Gasteiger partial charge in [-0.25, -0.2) is 4.39 Å². The molecule has 2 heterocycles. The normalized spacial score (nSPS) is 14.9. The molecule has 0 N–H and O–H groups in total. The van der Waals surface area contributed by atoms with Crippen LogP contribution in [0.5, 0.6) is 5.75 Å². The van der Waals surface area contributed by atoms with E-state index >= 15 is 0 Å². The first-order chi connectivity index (χ1) is 14.9. The van der Waals surface area contributed by atoms with E-state index in [9.17, 15) is 9.18 Å². The second kappa shape index (κ2) is 10.6. The van der Waals surface area contributed by atoms with Crippen molar-refractivity contribution < 1.29 is 18.4 Å². The van der Waals surface area contributed by atoms with E-state index in [1.54, 1.807) is 22.9 Å². The maximum absolute atomic E-state index is 13.9. The summed E-state index contributed by atoms with van der Waals surface area (Å²) < 4.78 is 24.5. The Bertz CT molecular complexity index is 876. The van der Waals surface area contributed by atoms with Crippen molar-refractivity contribution in [2.75, 3.05) is 59.3 Å². The molecule has 1 amide bonds. The monoisotopic (exact) mass is 432 g/mol. The number of rotatable bonds is 8. The van der Waals surface area contributed by atoms with E-state index in [0.29, 0.717) is 29.2 Å². The molecular formula is C23H33FN4O3. The minimum Gasteiger partial charge on any atom is -0.494 e. The lowest BCUT2D eigenvalue weighted by molar-refractivity contribution is 0.0789. The molecule has 3 rings (SSSR count). The topological polar surface area (TPSA) is 62.1 Å². The molecule has 0 unspecified atom stereocenters. The first kappa shape index (κ1) is 23.1. The Kier molecular flexibility index (Phi) is 7.90. The van der Waals surface area contributed by atoms with Crippen LogP contribution in [0.3, 0.4) is 0 Å². The summed E-state index contributed by atoms with van der Waals surface area (Å²) in [6, 6.07) is 4.38. The quantitative estimate of drug-likeness (QED) is 0.631. The molecule has 0 atom stereocenters. The summed E-state index contributed by atoms with van der Waals surface area (Å²) in [5.41, 5.74) is 0.913. The number of halogens is 1. The van der Waals surface area contributed by atoms with Crippen molar-refractivity contribution in [2.45, 2.75) is 32.1 Å². The number of hydrogen-bond acceptors (Lipinski definition) is 6. The van der Waals surface area contributed by atoms with Crippen LogP contribution in [0.2, 0.25) is 0 Å². The Labute approximate surface area is 183 Å². The summed E-state index contributed by atoms with van der Waals surface area (Å²) in [6.45, 7) is 3.92. The maximum Gasteiger partial charge on any atom is 0.261 e. The summed E-state index contributed by atoms with van der Waals surface area (Å²) in [4.78, 5) is 19.3. The number of amides is 1. The lowest BCUT2D eigenvalue weighted by Crippen LogP contribution is -2.32. The van der Waals surface area contributed by atoms with E-state index in [-0.39, 0.29) is 11.7 Å². The van der Waals surface area contributed by atoms with Crippen LogP contribution in [0.15, 0.2) is 22.7 Å². The highest BCUT2D eigenvalue weighted by Crippen LogP contribution is 2.34. The largest absolute Gasteiger partial charge is 0.494 e. The van der Waals surface area contributed by atoms with Crippen molar-refractivity contribution in [3.63, 3.8) is 0 Å². The molecule has 0 spiro atoms. The molecule has 7 nitrogen and oxygen atoms in total. The molecule has 31 heavy (non-hydrogen) atoms. The maximum atomic E-state index is 13.9. The molecule has 2 aromatic rings. The number of likely N-dealkylation sites (tertiary alicyclic amines) is 1. The van der Waals surface area contributed by atoms with Crippen LogP contribution in [0.4, 0.5) is 10.2 Å². The van der Waals surface area contributed by atoms with Gasteiger partial charge in [0, 0.05) is 33.3 Å². The highest BCUT2D eigenvalue weighted by atomic mass is 19.1. The number of carbonyl (C=O) groups excluding carboxylic acids is 1. The molecule has 8 heteroatoms. The zero-order valence-electron chi connectivity index (χ0n) is 19.0. The standard InChI is InChI=1S/C23H33FN4O3/c1-26(2)22-20(21(31-25-22)17-10-11-18(24)19(16-17)30-4)23(29)27(3)12-9-15-28-13-7-5-6-8-14-28/h10-11,16H,5-9,12-15H2,1-4H3. The molecule has 1 aromatic heterocycles. The third-order valence-electron chi connectivity index (χ3n) is 5.74. The molecule has 1 fully saturated rings. The third kappa shape index (κ3) is 5.55. The van der Waals surface area contributed by atoms with E-state index in [4.69, 9.17) is 9.26 Å². The summed E-state index contributed by atoms with van der Waals surface area (Å²) in [5.74, 6) is 0.203. The summed E-state index contributed by atoms with van der Waals surface area (Å²) in [6.07, 6.45) is 6.04. The molecule has 1 aliphatic heterocycles. The minimum atomic E-state index is -0.475. The van der Waals surface area contributed by atoms with Crippen LogP contribution in [0, 0.1) is 5.82 Å². The van der Waals surface area contributed by atoms with Crippen LogP contribution >= 0.6 is 0 Å². The number of anilines is 1. The van der Waals surface area contributed by atoms with Gasteiger partial charge in [0.25, 0.3) is 5.91 Å². The highest BCUT2D eigenvalue weighted by Gasteiger charge is 2.28. The number of methoxy groups -OCH3 is 1. The number of benzene rings is 1. The first-order valence-corrected chi connectivity index (χ1v) is 10.9. The number of aromatic nitrogens is 1. The van der Waals surface area contributed by atoms with E-state index in [1.165, 1.54) is 44.9 Å². The fourth-order valence-corrected chi connectivity index (χ4v) is 3.96. The molecule has 0 radical (unpaired) electrons. The zero-order valence-corrected chi connectivity index (χ0v) is 19.0. The summed E-state index contributed by atoms with van der Waals surface area (Å²) in [5, 5.41) is 4.10. The minimum absolute atomic E-state index is 0.0875. The lowest BCUT2D eigenvalue weighted by Gasteiger charge is -2.23. The van der Waals surface area contributed by atoms with Gasteiger partial charge in [-0.15, -0.1) is 0 Å². The van der Waals surface area contributed by atoms with Crippen LogP contribution in [0.1, 0.15) is 42.5 Å². The molecule has 170 valence electrons. The van der Waals surface area contributed by atoms with E-state index in [0.717, 1.165) is 26.1 Å². The molecule has 0 saturated carbocycles. The smallest absolute Gasteiger partial charge is 0.261 e. The van der Waals surface area contributed by atoms with Crippen LogP contribution < -0.4 is 9.64 Å². The third-order valence-corrected chi connectivity index (χ3v) is 5.74. The predicted molar refractivity (Wildman–Crippen MR) is 119 cm³/mol. The average Bonchev–Trinajstić information content (AvgIpc) is 3.04. The van der Waals surface area contributed by atoms with Gasteiger partial charge in [-0.05, 0) is 57.1 Å². The van der Waals surface area contributed by atoms with Gasteiger partial charge in [0.1, 0.15) is 5.56 Å². The molecule has 0 bridgehead atoms. The number of ether oxygens (including phenoxy) is 1. The van der Waals surface area contributed by atoms with Crippen LogP contribution in [-0.4, -0.2) is 75.3 Å². The van der Waals surface area contributed by atoms with Gasteiger partial charge in [0.15, 0.2) is 23.1 Å². The zero-order chi connectivity index (χ0) is 22.4. The lowest BCUT2D eigenvalue weighted by atomic mass is 10.1. The van der Waals surface area contributed by atoms with E-state index in [1.807, 2.05) is 14.1 Å². The average molecular weight is 433 g/mol. The fourth-order valence-electron chi connectivity index (χ4n) is 3.96. The van der Waals surface area contributed by atoms with Gasteiger partial charge in [-0.3, -0.25) is 4.79 Å². The van der Waals surface area contributed by atoms with Gasteiger partial charge in [0.05, 0.1) is 7.11 Å². The van der Waals surface area contributed by atoms with Gasteiger partial charge in [-0.2, -0.15) is 0 Å². The van der Waals surface area contributed by atoms with Crippen molar-refractivity contribution in [1.82, 2.24) is 15.0 Å². The van der Waals surface area contributed by atoms with Crippen LogP contribution in [-0.2, 0) is 0 Å². The Morgan fingerprint density at radius 2 is 1.90 bits per heavy atom. The van der Waals surface area contributed by atoms with Gasteiger partial charge in [0.2, 0.25) is 0 Å². The van der Waals surface area contributed by atoms with E-state index in [2.05, 4.69) is 10.1 Å². The van der Waals surface area contributed by atoms with Gasteiger partial charge >= 0.3 is 0 Å². The molecule has 1 aliphatic rings. The Balaban J connectivity index is 1.76. The molecular weight excluding hydrogens is 399 g/mol. The van der Waals surface area contributed by atoms with Crippen molar-refractivity contribution in [3.05, 3.63) is 29.6 Å². The first-order valence-electron chi connectivity index (χ1n) is 10.9. The number of nitrogens with zero attached hydrogens (tertiary/aromatic N) is 4. The second-order valence-electron chi connectivity index (χ2n) is 8.29. The highest BCUT2D eigenvalue weighted by molar-refractivity contribution is 6.04. The molecule has 1 aromatic carbocycles. The van der Waals surface area contributed by atoms with Crippen LogP contribution in [0.25, 0.3) is 11.3 Å². The van der Waals surface area contributed by atoms with Gasteiger partial charge in [-0.1, -0.05) is 18.0 Å². The second-order valence-corrected chi connectivity index (χ2v) is 8.29. The Morgan fingerprint density at radius 3 is 2.55 bits per heavy atom. The van der Waals surface area contributed by atoms with E-state index < -0.39 is 5.82 Å².